The lowest BCUT2D eigenvalue weighted by Crippen LogP contribution is -2.51. The van der Waals surface area contributed by atoms with E-state index in [1.807, 2.05) is 6.07 Å². The summed E-state index contributed by atoms with van der Waals surface area (Å²) in [4.78, 5) is 22.2. The minimum Gasteiger partial charge on any atom is -0.367 e. The van der Waals surface area contributed by atoms with Gasteiger partial charge in [0, 0.05) is 56.9 Å². The number of fused-ring (bicyclic) bond motifs is 4. The predicted molar refractivity (Wildman–Crippen MR) is 124 cm³/mol. The van der Waals surface area contributed by atoms with Crippen LogP contribution in [-0.2, 0) is 13.6 Å². The summed E-state index contributed by atoms with van der Waals surface area (Å²) in [5.74, 6) is 0.649. The second-order valence-electron chi connectivity index (χ2n) is 9.39. The van der Waals surface area contributed by atoms with E-state index >= 15 is 0 Å². The molecule has 160 valence electrons. The number of aromatic nitrogens is 2. The van der Waals surface area contributed by atoms with Gasteiger partial charge in [-0.05, 0) is 54.6 Å². The zero-order valence-electron chi connectivity index (χ0n) is 18.2. The van der Waals surface area contributed by atoms with Gasteiger partial charge in [0.05, 0.1) is 11.7 Å². The van der Waals surface area contributed by atoms with E-state index in [1.54, 1.807) is 23.9 Å². The number of anilines is 1. The second-order valence-corrected chi connectivity index (χ2v) is 9.39. The first-order chi connectivity index (χ1) is 15.1. The number of hydrogen-bond acceptors (Lipinski definition) is 5. The average Bonchev–Trinajstić information content (AvgIpc) is 3.44. The van der Waals surface area contributed by atoms with Gasteiger partial charge in [-0.3, -0.25) is 14.3 Å². The largest absolute Gasteiger partial charge is 0.367 e. The Morgan fingerprint density at radius 1 is 1.16 bits per heavy atom. The van der Waals surface area contributed by atoms with Crippen LogP contribution in [0.25, 0.3) is 11.0 Å². The maximum absolute atomic E-state index is 12.6. The number of hydrogen-bond donors (Lipinski definition) is 1. The van der Waals surface area contributed by atoms with Gasteiger partial charge in [-0.1, -0.05) is 18.2 Å². The number of piperazine rings is 1. The second kappa shape index (κ2) is 7.18. The van der Waals surface area contributed by atoms with E-state index in [0.29, 0.717) is 18.0 Å². The van der Waals surface area contributed by atoms with E-state index in [9.17, 15) is 4.79 Å². The highest BCUT2D eigenvalue weighted by Crippen LogP contribution is 2.41. The average molecular weight is 416 g/mol. The molecule has 0 aliphatic carbocycles. The van der Waals surface area contributed by atoms with E-state index in [4.69, 9.17) is 0 Å². The monoisotopic (exact) mass is 415 g/mol. The molecule has 2 fully saturated rings. The van der Waals surface area contributed by atoms with Gasteiger partial charge in [0.25, 0.3) is 5.56 Å². The molecule has 2 saturated heterocycles. The molecule has 3 aliphatic heterocycles. The molecule has 6 nitrogen and oxygen atoms in total. The Bertz CT molecular complexity index is 1210. The molecule has 0 saturated carbocycles. The summed E-state index contributed by atoms with van der Waals surface area (Å²) in [6, 6.07) is 13.8. The van der Waals surface area contributed by atoms with Crippen molar-refractivity contribution in [2.75, 3.05) is 31.1 Å². The molecule has 0 bridgehead atoms. The Morgan fingerprint density at radius 3 is 2.90 bits per heavy atom. The van der Waals surface area contributed by atoms with Crippen LogP contribution in [-0.4, -0.2) is 46.7 Å². The molecule has 2 aromatic heterocycles. The summed E-state index contributed by atoms with van der Waals surface area (Å²) in [7, 11) is 1.80. The maximum atomic E-state index is 12.6. The number of benzene rings is 1. The lowest BCUT2D eigenvalue weighted by atomic mass is 9.93. The topological polar surface area (TPSA) is 53.4 Å². The molecule has 3 aliphatic rings. The van der Waals surface area contributed by atoms with E-state index in [0.717, 1.165) is 49.4 Å². The Balaban J connectivity index is 1.37. The Hall–Kier alpha value is -2.70. The molecule has 1 aromatic carbocycles. The highest BCUT2D eigenvalue weighted by atomic mass is 16.1. The highest BCUT2D eigenvalue weighted by Gasteiger charge is 2.39. The standard InChI is InChI=1S/C25H29N5O/c1-16-13-29(22-11-24(31)28(2)25-21(22)4-3-8-27-25)15-23-20-6-5-17(18-7-9-26-12-18)10-19(20)14-30(16)23/h3-6,8,10-11,16,18,23,26H,7,9,12-15H2,1-2H3. The molecule has 3 unspecified atom stereocenters. The third-order valence-electron chi connectivity index (χ3n) is 7.57. The zero-order valence-corrected chi connectivity index (χ0v) is 18.2. The molecule has 6 heteroatoms. The summed E-state index contributed by atoms with van der Waals surface area (Å²) in [5, 5.41) is 4.54. The van der Waals surface area contributed by atoms with Crippen LogP contribution in [0, 0.1) is 0 Å². The highest BCUT2D eigenvalue weighted by molar-refractivity contribution is 5.89. The molecule has 3 aromatic rings. The van der Waals surface area contributed by atoms with Gasteiger partial charge >= 0.3 is 0 Å². The van der Waals surface area contributed by atoms with Crippen molar-refractivity contribution in [2.24, 2.45) is 7.05 Å². The number of pyridine rings is 2. The van der Waals surface area contributed by atoms with Crippen molar-refractivity contribution in [1.82, 2.24) is 19.8 Å². The van der Waals surface area contributed by atoms with Crippen LogP contribution < -0.4 is 15.8 Å². The molecule has 3 atom stereocenters. The van der Waals surface area contributed by atoms with Gasteiger partial charge in [0.2, 0.25) is 0 Å². The van der Waals surface area contributed by atoms with E-state index in [1.165, 1.54) is 23.1 Å². The Kier molecular flexibility index (Phi) is 4.40. The van der Waals surface area contributed by atoms with Crippen LogP contribution in [0.3, 0.4) is 0 Å². The molecule has 6 rings (SSSR count). The van der Waals surface area contributed by atoms with Crippen LogP contribution in [0.4, 0.5) is 5.69 Å². The fourth-order valence-electron chi connectivity index (χ4n) is 5.86. The summed E-state index contributed by atoms with van der Waals surface area (Å²) in [6.07, 6.45) is 3.00. The van der Waals surface area contributed by atoms with Crippen LogP contribution >= 0.6 is 0 Å². The molecular weight excluding hydrogens is 386 g/mol. The van der Waals surface area contributed by atoms with Crippen molar-refractivity contribution < 1.29 is 0 Å². The van der Waals surface area contributed by atoms with Crippen molar-refractivity contribution >= 4 is 16.7 Å². The summed E-state index contributed by atoms with van der Waals surface area (Å²) < 4.78 is 1.64. The van der Waals surface area contributed by atoms with Gasteiger partial charge in [-0.25, -0.2) is 4.98 Å². The van der Waals surface area contributed by atoms with Crippen LogP contribution in [0.2, 0.25) is 0 Å². The molecule has 0 amide bonds. The molecule has 1 N–H and O–H groups in total. The fourth-order valence-corrected chi connectivity index (χ4v) is 5.86. The quantitative estimate of drug-likeness (QED) is 0.698. The van der Waals surface area contributed by atoms with E-state index in [2.05, 4.69) is 51.3 Å². The molecule has 0 radical (unpaired) electrons. The number of rotatable bonds is 2. The third-order valence-corrected chi connectivity index (χ3v) is 7.57. The van der Waals surface area contributed by atoms with Crippen molar-refractivity contribution in [3.8, 4) is 0 Å². The predicted octanol–water partition coefficient (Wildman–Crippen LogP) is 2.78. The first-order valence-electron chi connectivity index (χ1n) is 11.4. The number of aryl methyl sites for hydroxylation is 1. The molecular formula is C25H29N5O. The molecule has 5 heterocycles. The maximum Gasteiger partial charge on any atom is 0.253 e. The van der Waals surface area contributed by atoms with Gasteiger partial charge in [0.15, 0.2) is 0 Å². The van der Waals surface area contributed by atoms with Crippen molar-refractivity contribution in [2.45, 2.75) is 37.9 Å². The van der Waals surface area contributed by atoms with Crippen molar-refractivity contribution in [1.29, 1.82) is 0 Å². The summed E-state index contributed by atoms with van der Waals surface area (Å²) in [6.45, 7) is 7.39. The normalized spacial score (nSPS) is 25.7. The zero-order chi connectivity index (χ0) is 21.1. The third kappa shape index (κ3) is 3.00. The van der Waals surface area contributed by atoms with Crippen molar-refractivity contribution in [3.05, 3.63) is 69.6 Å². The van der Waals surface area contributed by atoms with E-state index in [-0.39, 0.29) is 5.56 Å². The summed E-state index contributed by atoms with van der Waals surface area (Å²) >= 11 is 0. The minimum atomic E-state index is -0.00193. The number of nitrogens with zero attached hydrogens (tertiary/aromatic N) is 4. The fraction of sp³-hybridized carbons (Fsp3) is 0.440. The molecule has 0 spiro atoms. The minimum absolute atomic E-state index is 0.00193. The van der Waals surface area contributed by atoms with Crippen molar-refractivity contribution in [3.63, 3.8) is 0 Å². The van der Waals surface area contributed by atoms with Crippen LogP contribution in [0.5, 0.6) is 0 Å². The van der Waals surface area contributed by atoms with Gasteiger partial charge in [0.1, 0.15) is 5.65 Å². The smallest absolute Gasteiger partial charge is 0.253 e. The van der Waals surface area contributed by atoms with Crippen LogP contribution in [0.15, 0.2) is 47.4 Å². The van der Waals surface area contributed by atoms with Gasteiger partial charge < -0.3 is 10.2 Å². The van der Waals surface area contributed by atoms with Crippen LogP contribution in [0.1, 0.15) is 42.0 Å². The van der Waals surface area contributed by atoms with E-state index < -0.39 is 0 Å². The first-order valence-corrected chi connectivity index (χ1v) is 11.4. The van der Waals surface area contributed by atoms with Gasteiger partial charge in [-0.15, -0.1) is 0 Å². The Morgan fingerprint density at radius 2 is 2.06 bits per heavy atom. The molecule has 31 heavy (non-hydrogen) atoms. The first kappa shape index (κ1) is 19.0. The SMILES string of the molecule is CC1CN(c2cc(=O)n(C)c3ncccc23)CC2c3ccc(C4CCNC4)cc3CN12. The summed E-state index contributed by atoms with van der Waals surface area (Å²) in [5.41, 5.74) is 6.19. The van der Waals surface area contributed by atoms with Gasteiger partial charge in [-0.2, -0.15) is 0 Å². The Labute approximate surface area is 182 Å². The lowest BCUT2D eigenvalue weighted by Gasteiger charge is -2.43. The number of nitrogens with one attached hydrogen (secondary N) is 1. The lowest BCUT2D eigenvalue weighted by molar-refractivity contribution is 0.134.